The van der Waals surface area contributed by atoms with Gasteiger partial charge in [-0.1, -0.05) is 13.8 Å². The molecule has 1 rings (SSSR count). The van der Waals surface area contributed by atoms with Gasteiger partial charge in [0.2, 0.25) is 11.8 Å². The van der Waals surface area contributed by atoms with Crippen LogP contribution >= 0.6 is 0 Å². The summed E-state index contributed by atoms with van der Waals surface area (Å²) in [6.45, 7) is 5.77. The highest BCUT2D eigenvalue weighted by Crippen LogP contribution is 2.16. The van der Waals surface area contributed by atoms with Crippen molar-refractivity contribution in [3.63, 3.8) is 0 Å². The van der Waals surface area contributed by atoms with Crippen LogP contribution in [0.15, 0.2) is 0 Å². The molecule has 0 aliphatic carbocycles. The number of rotatable bonds is 6. The van der Waals surface area contributed by atoms with Crippen LogP contribution in [0.2, 0.25) is 0 Å². The van der Waals surface area contributed by atoms with Crippen LogP contribution in [0.3, 0.4) is 0 Å². The van der Waals surface area contributed by atoms with Gasteiger partial charge >= 0.3 is 0 Å². The molecule has 0 aromatic carbocycles. The number of amides is 2. The monoisotopic (exact) mass is 255 g/mol. The predicted molar refractivity (Wildman–Crippen MR) is 70.9 cm³/mol. The van der Waals surface area contributed by atoms with Gasteiger partial charge in [0.25, 0.3) is 0 Å². The first-order valence-corrected chi connectivity index (χ1v) is 6.80. The van der Waals surface area contributed by atoms with Crippen molar-refractivity contribution < 1.29 is 9.59 Å². The maximum absolute atomic E-state index is 11.9. The zero-order chi connectivity index (χ0) is 13.5. The highest BCUT2D eigenvalue weighted by atomic mass is 16.2. The third-order valence-electron chi connectivity index (χ3n) is 3.22. The number of nitrogens with zero attached hydrogens (tertiary/aromatic N) is 1. The Labute approximate surface area is 109 Å². The van der Waals surface area contributed by atoms with Crippen molar-refractivity contribution in [1.82, 2.24) is 10.2 Å². The molecule has 3 N–H and O–H groups in total. The van der Waals surface area contributed by atoms with E-state index in [2.05, 4.69) is 5.32 Å². The summed E-state index contributed by atoms with van der Waals surface area (Å²) in [6, 6.07) is 0.198. The van der Waals surface area contributed by atoms with Gasteiger partial charge in [0.15, 0.2) is 0 Å². The Balaban J connectivity index is 2.23. The van der Waals surface area contributed by atoms with E-state index in [0.717, 1.165) is 19.4 Å². The molecule has 0 aromatic rings. The van der Waals surface area contributed by atoms with E-state index in [1.807, 2.05) is 18.7 Å². The molecule has 0 aromatic heterocycles. The first kappa shape index (κ1) is 15.0. The maximum atomic E-state index is 11.9. The normalized spacial score (nSPS) is 19.3. The van der Waals surface area contributed by atoms with Gasteiger partial charge in [-0.25, -0.2) is 0 Å². The van der Waals surface area contributed by atoms with Crippen LogP contribution in [0, 0.1) is 5.92 Å². The van der Waals surface area contributed by atoms with Gasteiger partial charge in [0.1, 0.15) is 0 Å². The van der Waals surface area contributed by atoms with E-state index in [4.69, 9.17) is 5.73 Å². The second kappa shape index (κ2) is 7.36. The Hall–Kier alpha value is -1.10. The number of carbonyl (C=O) groups is 2. The fourth-order valence-electron chi connectivity index (χ4n) is 2.30. The van der Waals surface area contributed by atoms with E-state index in [9.17, 15) is 9.59 Å². The molecule has 0 radical (unpaired) electrons. The molecule has 1 saturated heterocycles. The van der Waals surface area contributed by atoms with Gasteiger partial charge in [-0.15, -0.1) is 0 Å². The SMILES string of the molecule is CC(C)CC(=O)NCCC(=O)N1CCCC1CN. The van der Waals surface area contributed by atoms with Gasteiger partial charge in [-0.2, -0.15) is 0 Å². The fraction of sp³-hybridized carbons (Fsp3) is 0.846. The summed E-state index contributed by atoms with van der Waals surface area (Å²) in [5.41, 5.74) is 5.63. The van der Waals surface area contributed by atoms with Crippen molar-refractivity contribution in [2.45, 2.75) is 45.6 Å². The molecule has 0 spiro atoms. The Morgan fingerprint density at radius 1 is 1.44 bits per heavy atom. The lowest BCUT2D eigenvalue weighted by molar-refractivity contribution is -0.131. The van der Waals surface area contributed by atoms with Crippen molar-refractivity contribution in [1.29, 1.82) is 0 Å². The highest BCUT2D eigenvalue weighted by molar-refractivity contribution is 5.79. The van der Waals surface area contributed by atoms with Crippen LogP contribution in [0.25, 0.3) is 0 Å². The van der Waals surface area contributed by atoms with Gasteiger partial charge < -0.3 is 16.0 Å². The molecule has 1 aliphatic heterocycles. The van der Waals surface area contributed by atoms with E-state index < -0.39 is 0 Å². The number of hydrogen-bond acceptors (Lipinski definition) is 3. The number of nitrogens with one attached hydrogen (secondary N) is 1. The Bertz CT molecular complexity index is 292. The molecule has 5 heteroatoms. The quantitative estimate of drug-likeness (QED) is 0.725. The van der Waals surface area contributed by atoms with Gasteiger partial charge in [-0.05, 0) is 18.8 Å². The van der Waals surface area contributed by atoms with Crippen molar-refractivity contribution in [2.24, 2.45) is 11.7 Å². The highest BCUT2D eigenvalue weighted by Gasteiger charge is 2.26. The summed E-state index contributed by atoms with van der Waals surface area (Å²) >= 11 is 0. The lowest BCUT2D eigenvalue weighted by Crippen LogP contribution is -2.41. The third kappa shape index (κ3) is 4.64. The molecular formula is C13H25N3O2. The van der Waals surface area contributed by atoms with E-state index in [1.165, 1.54) is 0 Å². The molecule has 1 heterocycles. The van der Waals surface area contributed by atoms with Gasteiger partial charge in [-0.3, -0.25) is 9.59 Å². The summed E-state index contributed by atoms with van der Waals surface area (Å²) < 4.78 is 0. The standard InChI is InChI=1S/C13H25N3O2/c1-10(2)8-12(17)15-6-5-13(18)16-7-3-4-11(16)9-14/h10-11H,3-9,14H2,1-2H3,(H,15,17). The van der Waals surface area contributed by atoms with E-state index in [0.29, 0.717) is 31.8 Å². The summed E-state index contributed by atoms with van der Waals surface area (Å²) in [7, 11) is 0. The van der Waals surface area contributed by atoms with Crippen LogP contribution in [0.4, 0.5) is 0 Å². The third-order valence-corrected chi connectivity index (χ3v) is 3.22. The summed E-state index contributed by atoms with van der Waals surface area (Å²) in [6.07, 6.45) is 2.93. The molecule has 104 valence electrons. The van der Waals surface area contributed by atoms with Crippen LogP contribution in [-0.2, 0) is 9.59 Å². The summed E-state index contributed by atoms with van der Waals surface area (Å²) in [4.78, 5) is 25.2. The van der Waals surface area contributed by atoms with Crippen LogP contribution < -0.4 is 11.1 Å². The molecule has 18 heavy (non-hydrogen) atoms. The minimum Gasteiger partial charge on any atom is -0.356 e. The lowest BCUT2D eigenvalue weighted by atomic mass is 10.1. The first-order chi connectivity index (χ1) is 8.54. The molecule has 1 unspecified atom stereocenters. The number of likely N-dealkylation sites (tertiary alicyclic amines) is 1. The Kier molecular flexibility index (Phi) is 6.12. The Morgan fingerprint density at radius 2 is 2.17 bits per heavy atom. The zero-order valence-corrected chi connectivity index (χ0v) is 11.4. The van der Waals surface area contributed by atoms with Gasteiger partial charge in [0, 0.05) is 38.5 Å². The predicted octanol–water partition coefficient (Wildman–Crippen LogP) is 0.489. The van der Waals surface area contributed by atoms with Crippen molar-refractivity contribution >= 4 is 11.8 Å². The van der Waals surface area contributed by atoms with E-state index in [1.54, 1.807) is 0 Å². The van der Waals surface area contributed by atoms with Gasteiger partial charge in [0.05, 0.1) is 0 Å². The molecular weight excluding hydrogens is 230 g/mol. The number of nitrogens with two attached hydrogens (primary N) is 1. The van der Waals surface area contributed by atoms with Crippen molar-refractivity contribution in [3.8, 4) is 0 Å². The molecule has 0 saturated carbocycles. The van der Waals surface area contributed by atoms with Crippen molar-refractivity contribution in [3.05, 3.63) is 0 Å². The van der Waals surface area contributed by atoms with Crippen LogP contribution in [-0.4, -0.2) is 42.4 Å². The van der Waals surface area contributed by atoms with E-state index >= 15 is 0 Å². The first-order valence-electron chi connectivity index (χ1n) is 6.80. The Morgan fingerprint density at radius 3 is 2.78 bits per heavy atom. The topological polar surface area (TPSA) is 75.4 Å². The molecule has 1 fully saturated rings. The van der Waals surface area contributed by atoms with Crippen molar-refractivity contribution in [2.75, 3.05) is 19.6 Å². The minimum atomic E-state index is 0.0228. The average molecular weight is 255 g/mol. The molecule has 1 atom stereocenters. The molecule has 2 amide bonds. The maximum Gasteiger partial charge on any atom is 0.224 e. The molecule has 5 nitrogen and oxygen atoms in total. The van der Waals surface area contributed by atoms with Crippen LogP contribution in [0.1, 0.15) is 39.5 Å². The second-order valence-electron chi connectivity index (χ2n) is 5.32. The largest absolute Gasteiger partial charge is 0.356 e. The van der Waals surface area contributed by atoms with Crippen LogP contribution in [0.5, 0.6) is 0 Å². The zero-order valence-electron chi connectivity index (χ0n) is 11.4. The fourth-order valence-corrected chi connectivity index (χ4v) is 2.30. The summed E-state index contributed by atoms with van der Waals surface area (Å²) in [5, 5.41) is 2.78. The molecule has 1 aliphatic rings. The second-order valence-corrected chi connectivity index (χ2v) is 5.32. The minimum absolute atomic E-state index is 0.0228. The summed E-state index contributed by atoms with van der Waals surface area (Å²) in [5.74, 6) is 0.475. The van der Waals surface area contributed by atoms with E-state index in [-0.39, 0.29) is 17.9 Å². The lowest BCUT2D eigenvalue weighted by Gasteiger charge is -2.23. The number of hydrogen-bond donors (Lipinski definition) is 2. The average Bonchev–Trinajstić information content (AvgIpc) is 2.75. The molecule has 0 bridgehead atoms. The number of carbonyl (C=O) groups excluding carboxylic acids is 2. The smallest absolute Gasteiger partial charge is 0.224 e.